The minimum absolute atomic E-state index is 0.0104. The van der Waals surface area contributed by atoms with Gasteiger partial charge in [0.1, 0.15) is 52.2 Å². The molecule has 0 aliphatic carbocycles. The zero-order valence-electron chi connectivity index (χ0n) is 50.7. The van der Waals surface area contributed by atoms with E-state index in [9.17, 15) is 51.7 Å². The number of para-hydroxylation sites is 1. The Morgan fingerprint density at radius 1 is 0.438 bits per heavy atom. The van der Waals surface area contributed by atoms with E-state index in [1.54, 1.807) is 140 Å². The molecule has 0 saturated heterocycles. The largest absolute Gasteiger partial charge is 0.573 e. The lowest BCUT2D eigenvalue weighted by atomic mass is 9.95. The standard InChI is InChI=1S/C26H21FO4S.C25H19FO4S.C24H15F3O5S/c1-15(2)22-13-17(27)6-10-20(22)26-25(21-11-7-18(28)14-23(21)32-26)31-19-8-3-16(4-9-19)5-12-24(29)30;1-15(26)19-4-2-3-5-20(19)25-24(21-12-9-17(27)14-22(21)31-25)30-18-10-6-16(7-11-18)8-13-23(28)29;25-24(26,27)32-19-4-2-1-3-17(19)23-22(18-11-8-15(28)13-20(18)33-23)31-16-9-5-14(6-10-16)7-12-21(29)30/h3-15,28H,1-2H3,(H,29,30);2-15,27H,1H3,(H,28,29);1-13,28H,(H,29,30)/b12-5+;13-8+;12-7+. The minimum Gasteiger partial charge on any atom is -0.508 e. The first-order chi connectivity index (χ1) is 45.9. The predicted molar refractivity (Wildman–Crippen MR) is 367 cm³/mol. The molecule has 96 heavy (non-hydrogen) atoms. The topological polar surface area (TPSA) is 210 Å². The van der Waals surface area contributed by atoms with E-state index in [1.807, 2.05) is 32.0 Å². The first-order valence-electron chi connectivity index (χ1n) is 29.1. The van der Waals surface area contributed by atoms with Gasteiger partial charge in [-0.1, -0.05) is 92.7 Å². The molecule has 0 bridgehead atoms. The number of fused-ring (bicyclic) bond motifs is 3. The molecule has 0 fully saturated rings. The van der Waals surface area contributed by atoms with E-state index in [-0.39, 0.29) is 40.3 Å². The van der Waals surface area contributed by atoms with Crippen LogP contribution in [0.3, 0.4) is 0 Å². The summed E-state index contributed by atoms with van der Waals surface area (Å²) in [5.41, 5.74) is 5.36. The Morgan fingerprint density at radius 2 is 0.792 bits per heavy atom. The van der Waals surface area contributed by atoms with Crippen molar-refractivity contribution in [2.24, 2.45) is 0 Å². The Morgan fingerprint density at radius 3 is 1.16 bits per heavy atom. The third kappa shape index (κ3) is 16.9. The van der Waals surface area contributed by atoms with Gasteiger partial charge in [0.25, 0.3) is 0 Å². The van der Waals surface area contributed by atoms with Crippen LogP contribution in [0, 0.1) is 5.82 Å². The highest BCUT2D eigenvalue weighted by molar-refractivity contribution is 7.23. The predicted octanol–water partition coefficient (Wildman–Crippen LogP) is 21.7. The van der Waals surface area contributed by atoms with E-state index >= 15 is 0 Å². The molecule has 9 aromatic carbocycles. The van der Waals surface area contributed by atoms with Crippen molar-refractivity contribution in [2.45, 2.75) is 39.2 Å². The second-order valence-corrected chi connectivity index (χ2v) is 24.6. The van der Waals surface area contributed by atoms with Gasteiger partial charge >= 0.3 is 24.3 Å². The molecule has 0 radical (unpaired) electrons. The van der Waals surface area contributed by atoms with Crippen LogP contribution in [0.5, 0.6) is 57.5 Å². The first-order valence-corrected chi connectivity index (χ1v) is 31.6. The number of carboxylic acids is 3. The summed E-state index contributed by atoms with van der Waals surface area (Å²) < 4.78 is 92.3. The maximum Gasteiger partial charge on any atom is 0.573 e. The van der Waals surface area contributed by atoms with Crippen LogP contribution >= 0.6 is 34.0 Å². The smallest absolute Gasteiger partial charge is 0.508 e. The van der Waals surface area contributed by atoms with E-state index < -0.39 is 30.4 Å². The maximum atomic E-state index is 14.3. The number of carboxylic acid groups (broad SMARTS) is 3. The second kappa shape index (κ2) is 29.8. The Hall–Kier alpha value is -11.3. The van der Waals surface area contributed by atoms with Crippen molar-refractivity contribution in [2.75, 3.05) is 0 Å². The van der Waals surface area contributed by atoms with Gasteiger partial charge in [-0.05, 0) is 180 Å². The van der Waals surface area contributed by atoms with Crippen molar-refractivity contribution < 1.29 is 85.9 Å². The van der Waals surface area contributed by atoms with Crippen molar-refractivity contribution in [3.8, 4) is 88.8 Å². The lowest BCUT2D eigenvalue weighted by molar-refractivity contribution is -0.274. The quantitative estimate of drug-likeness (QED) is 0.0349. The molecule has 0 aliphatic rings. The fourth-order valence-corrected chi connectivity index (χ4v) is 13.6. The van der Waals surface area contributed by atoms with E-state index in [0.29, 0.717) is 60.6 Å². The molecule has 0 aliphatic heterocycles. The molecular weight excluding hydrogens is 1300 g/mol. The summed E-state index contributed by atoms with van der Waals surface area (Å²) in [7, 11) is 0. The molecule has 3 aromatic heterocycles. The summed E-state index contributed by atoms with van der Waals surface area (Å²) in [6.45, 7) is 5.53. The number of hydrogen-bond acceptors (Lipinski definition) is 13. The third-order valence-electron chi connectivity index (χ3n) is 14.3. The number of alkyl halides is 4. The molecule has 6 N–H and O–H groups in total. The number of phenols is 3. The summed E-state index contributed by atoms with van der Waals surface area (Å²) >= 11 is 4.06. The van der Waals surface area contributed by atoms with Crippen LogP contribution in [-0.2, 0) is 14.4 Å². The van der Waals surface area contributed by atoms with Crippen molar-refractivity contribution in [3.63, 3.8) is 0 Å². The number of benzene rings is 9. The van der Waals surface area contributed by atoms with Crippen LogP contribution in [0.1, 0.15) is 60.7 Å². The molecule has 3 heterocycles. The molecule has 1 unspecified atom stereocenters. The average molecular weight is 1360 g/mol. The Kier molecular flexibility index (Phi) is 21.0. The Balaban J connectivity index is 0.000000157. The fourth-order valence-electron chi connectivity index (χ4n) is 9.95. The number of aliphatic carboxylic acids is 3. The zero-order chi connectivity index (χ0) is 68.4. The number of hydrogen-bond donors (Lipinski definition) is 6. The van der Waals surface area contributed by atoms with Crippen LogP contribution in [0.25, 0.3) is 79.8 Å². The minimum atomic E-state index is -4.87. The molecule has 486 valence electrons. The highest BCUT2D eigenvalue weighted by Crippen LogP contribution is 2.53. The third-order valence-corrected chi connectivity index (χ3v) is 17.8. The number of aromatic hydroxyl groups is 3. The van der Waals surface area contributed by atoms with Crippen molar-refractivity contribution in [1.29, 1.82) is 0 Å². The van der Waals surface area contributed by atoms with E-state index in [4.69, 9.17) is 29.5 Å². The van der Waals surface area contributed by atoms with Crippen molar-refractivity contribution in [1.82, 2.24) is 0 Å². The van der Waals surface area contributed by atoms with E-state index in [0.717, 1.165) is 87.3 Å². The van der Waals surface area contributed by atoms with Gasteiger partial charge in [-0.25, -0.2) is 23.2 Å². The molecule has 12 rings (SSSR count). The van der Waals surface area contributed by atoms with Gasteiger partial charge in [0.05, 0.1) is 14.6 Å². The van der Waals surface area contributed by atoms with E-state index in [1.165, 1.54) is 84.2 Å². The highest BCUT2D eigenvalue weighted by Gasteiger charge is 2.33. The fraction of sp³-hybridized carbons (Fsp3) is 0.0800. The number of rotatable bonds is 18. The Bertz CT molecular complexity index is 4910. The maximum absolute atomic E-state index is 14.3. The molecule has 1 atom stereocenters. The number of ether oxygens (including phenoxy) is 4. The molecule has 12 aromatic rings. The summed E-state index contributed by atoms with van der Waals surface area (Å²) in [5, 5.41) is 58.3. The normalized spacial score (nSPS) is 11.8. The van der Waals surface area contributed by atoms with Gasteiger partial charge in [0.2, 0.25) is 0 Å². The molecular formula is C75H55F5O13S3. The lowest BCUT2D eigenvalue weighted by Gasteiger charge is -2.14. The zero-order valence-corrected chi connectivity index (χ0v) is 53.2. The van der Waals surface area contributed by atoms with Crippen LogP contribution in [0.15, 0.2) is 212 Å². The number of carbonyl (C=O) groups is 3. The van der Waals surface area contributed by atoms with Gasteiger partial charge < -0.3 is 49.6 Å². The summed E-state index contributed by atoms with van der Waals surface area (Å²) in [4.78, 5) is 34.1. The SMILES string of the molecule is CC(C)c1cc(F)ccc1-c1sc2cc(O)ccc2c1Oc1ccc(/C=C/C(=O)O)cc1.CC(F)c1ccccc1-c1sc2cc(O)ccc2c1Oc1ccc(/C=C/C(=O)O)cc1.O=C(O)/C=C/c1ccc(Oc2c(-c3ccccc3OC(F)(F)F)sc3cc(O)ccc23)cc1. The molecule has 0 saturated carbocycles. The van der Waals surface area contributed by atoms with Gasteiger partial charge in [-0.2, -0.15) is 0 Å². The van der Waals surface area contributed by atoms with Gasteiger partial charge in [0, 0.05) is 59.6 Å². The van der Waals surface area contributed by atoms with Gasteiger partial charge in [-0.15, -0.1) is 47.2 Å². The Labute approximate surface area is 557 Å². The highest BCUT2D eigenvalue weighted by atomic mass is 32.1. The molecule has 0 amide bonds. The number of halogens is 5. The molecule has 0 spiro atoms. The average Bonchev–Trinajstić information content (AvgIpc) is 1.81. The summed E-state index contributed by atoms with van der Waals surface area (Å²) in [5.74, 6) is -0.279. The first kappa shape index (κ1) is 67.6. The monoisotopic (exact) mass is 1350 g/mol. The van der Waals surface area contributed by atoms with E-state index in [2.05, 4.69) is 4.74 Å². The summed E-state index contributed by atoms with van der Waals surface area (Å²) in [6, 6.07) is 53.1. The molecule has 13 nitrogen and oxygen atoms in total. The van der Waals surface area contributed by atoms with Crippen LogP contribution < -0.4 is 18.9 Å². The van der Waals surface area contributed by atoms with Gasteiger partial charge in [-0.3, -0.25) is 0 Å². The van der Waals surface area contributed by atoms with Crippen LogP contribution in [0.4, 0.5) is 22.0 Å². The van der Waals surface area contributed by atoms with Crippen LogP contribution in [0.2, 0.25) is 0 Å². The number of thiophene rings is 3. The van der Waals surface area contributed by atoms with Crippen molar-refractivity contribution in [3.05, 3.63) is 246 Å². The second-order valence-electron chi connectivity index (χ2n) is 21.5. The van der Waals surface area contributed by atoms with Crippen molar-refractivity contribution >= 4 is 100 Å². The number of phenolic OH excluding ortho intramolecular Hbond substituents is 3. The summed E-state index contributed by atoms with van der Waals surface area (Å²) in [6.07, 6.45) is 1.56. The molecule has 21 heteroatoms. The lowest BCUT2D eigenvalue weighted by Crippen LogP contribution is -2.17. The van der Waals surface area contributed by atoms with Gasteiger partial charge in [0.15, 0.2) is 17.2 Å². The van der Waals surface area contributed by atoms with Crippen LogP contribution in [-0.4, -0.2) is 54.9 Å².